The first-order valence-corrected chi connectivity index (χ1v) is 9.93. The van der Waals surface area contributed by atoms with Gasteiger partial charge in [-0.3, -0.25) is 9.89 Å². The lowest BCUT2D eigenvalue weighted by Crippen LogP contribution is -2.58. The molecule has 0 radical (unpaired) electrons. The number of rotatable bonds is 4. The van der Waals surface area contributed by atoms with Gasteiger partial charge in [-0.2, -0.15) is 11.8 Å². The topological polar surface area (TPSA) is 39.7 Å². The van der Waals surface area contributed by atoms with Gasteiger partial charge in [-0.15, -0.1) is 0 Å². The van der Waals surface area contributed by atoms with Gasteiger partial charge in [-0.25, -0.2) is 0 Å². The molecule has 4 nitrogen and oxygen atoms in total. The van der Waals surface area contributed by atoms with Gasteiger partial charge in [0.05, 0.1) is 0 Å². The average Bonchev–Trinajstić information content (AvgIpc) is 3.25. The summed E-state index contributed by atoms with van der Waals surface area (Å²) >= 11 is 2.10. The van der Waals surface area contributed by atoms with E-state index < -0.39 is 0 Å². The summed E-state index contributed by atoms with van der Waals surface area (Å²) in [5, 5.41) is 7.20. The minimum Gasteiger partial charge on any atom is -0.355 e. The number of aliphatic imine (C=N–C) groups is 1. The molecule has 0 aromatic rings. The molecule has 0 atom stereocenters. The molecular weight excluding hydrogens is 292 g/mol. The average molecular weight is 323 g/mol. The quantitative estimate of drug-likeness (QED) is 0.473. The molecule has 0 aromatic carbocycles. The van der Waals surface area contributed by atoms with E-state index in [2.05, 4.69) is 44.4 Å². The first-order chi connectivity index (χ1) is 10.8. The van der Waals surface area contributed by atoms with Gasteiger partial charge in [0.2, 0.25) is 0 Å². The van der Waals surface area contributed by atoms with Gasteiger partial charge in [0.1, 0.15) is 0 Å². The summed E-state index contributed by atoms with van der Waals surface area (Å²) in [4.78, 5) is 7.19. The van der Waals surface area contributed by atoms with Crippen molar-refractivity contribution in [1.29, 1.82) is 0 Å². The van der Waals surface area contributed by atoms with E-state index in [1.54, 1.807) is 0 Å². The van der Waals surface area contributed by atoms with Gasteiger partial charge in [0.25, 0.3) is 0 Å². The summed E-state index contributed by atoms with van der Waals surface area (Å²) in [7, 11) is 1.89. The molecular formula is C17H30N4S. The van der Waals surface area contributed by atoms with E-state index in [1.165, 1.54) is 50.3 Å². The number of nitrogens with zero attached hydrogens (tertiary/aromatic N) is 2. The molecule has 2 aliphatic carbocycles. The Morgan fingerprint density at radius 3 is 2.55 bits per heavy atom. The van der Waals surface area contributed by atoms with Crippen LogP contribution in [0.25, 0.3) is 0 Å². The summed E-state index contributed by atoms with van der Waals surface area (Å²) in [6.45, 7) is 3.55. The minimum atomic E-state index is 0.368. The molecule has 5 heteroatoms. The molecule has 1 saturated carbocycles. The second-order valence-electron chi connectivity index (χ2n) is 6.74. The fourth-order valence-corrected chi connectivity index (χ4v) is 4.95. The molecule has 3 aliphatic rings. The van der Waals surface area contributed by atoms with E-state index in [9.17, 15) is 0 Å². The Hall–Kier alpha value is -0.680. The molecule has 1 saturated heterocycles. The van der Waals surface area contributed by atoms with Gasteiger partial charge >= 0.3 is 0 Å². The van der Waals surface area contributed by atoms with E-state index in [-0.39, 0.29) is 0 Å². The lowest BCUT2D eigenvalue weighted by atomic mass is 9.94. The predicted octanol–water partition coefficient (Wildman–Crippen LogP) is 2.23. The molecule has 0 aromatic heterocycles. The largest absolute Gasteiger partial charge is 0.355 e. The monoisotopic (exact) mass is 322 g/mol. The van der Waals surface area contributed by atoms with Crippen LogP contribution in [-0.4, -0.2) is 60.6 Å². The van der Waals surface area contributed by atoms with Crippen LogP contribution in [0.1, 0.15) is 38.5 Å². The van der Waals surface area contributed by atoms with E-state index in [1.807, 2.05) is 7.05 Å². The zero-order valence-electron chi connectivity index (χ0n) is 13.8. The van der Waals surface area contributed by atoms with Crippen molar-refractivity contribution in [2.75, 3.05) is 38.2 Å². The van der Waals surface area contributed by atoms with Crippen LogP contribution in [0.2, 0.25) is 0 Å². The zero-order chi connectivity index (χ0) is 15.3. The lowest BCUT2D eigenvalue weighted by molar-refractivity contribution is 0.107. The van der Waals surface area contributed by atoms with Crippen molar-refractivity contribution in [3.05, 3.63) is 12.2 Å². The van der Waals surface area contributed by atoms with Crippen molar-refractivity contribution in [2.24, 2.45) is 4.99 Å². The maximum Gasteiger partial charge on any atom is 0.191 e. The molecule has 0 unspecified atom stereocenters. The van der Waals surface area contributed by atoms with Crippen molar-refractivity contribution in [3.63, 3.8) is 0 Å². The molecule has 1 heterocycles. The maximum atomic E-state index is 4.43. The van der Waals surface area contributed by atoms with E-state index in [0.29, 0.717) is 11.6 Å². The summed E-state index contributed by atoms with van der Waals surface area (Å²) in [5.41, 5.74) is 0.368. The Balaban J connectivity index is 1.56. The highest BCUT2D eigenvalue weighted by Gasteiger charge is 2.40. The Morgan fingerprint density at radius 1 is 1.23 bits per heavy atom. The van der Waals surface area contributed by atoms with E-state index in [4.69, 9.17) is 0 Å². The highest BCUT2D eigenvalue weighted by molar-refractivity contribution is 7.99. The Kier molecular flexibility index (Phi) is 5.69. The SMILES string of the molecule is CN=C(NCC1(N2CCSCC2)CCCC1)NC1CC=CC1. The molecule has 0 spiro atoms. The number of hydrogen-bond donors (Lipinski definition) is 2. The molecule has 124 valence electrons. The number of thioether (sulfide) groups is 1. The van der Waals surface area contributed by atoms with Crippen LogP contribution in [0.5, 0.6) is 0 Å². The van der Waals surface area contributed by atoms with E-state index in [0.717, 1.165) is 25.3 Å². The highest BCUT2D eigenvalue weighted by atomic mass is 32.2. The Morgan fingerprint density at radius 2 is 1.91 bits per heavy atom. The first kappa shape index (κ1) is 16.2. The third kappa shape index (κ3) is 3.80. The minimum absolute atomic E-state index is 0.368. The summed E-state index contributed by atoms with van der Waals surface area (Å²) < 4.78 is 0. The van der Waals surface area contributed by atoms with Gasteiger partial charge < -0.3 is 10.6 Å². The third-order valence-corrected chi connectivity index (χ3v) is 6.32. The van der Waals surface area contributed by atoms with Crippen molar-refractivity contribution in [2.45, 2.75) is 50.1 Å². The van der Waals surface area contributed by atoms with Crippen LogP contribution < -0.4 is 10.6 Å². The second-order valence-corrected chi connectivity index (χ2v) is 7.97. The van der Waals surface area contributed by atoms with Crippen LogP contribution >= 0.6 is 11.8 Å². The van der Waals surface area contributed by atoms with Crippen molar-refractivity contribution < 1.29 is 0 Å². The van der Waals surface area contributed by atoms with Gasteiger partial charge in [0.15, 0.2) is 5.96 Å². The Labute approximate surface area is 139 Å². The van der Waals surface area contributed by atoms with Crippen LogP contribution in [0.15, 0.2) is 17.1 Å². The van der Waals surface area contributed by atoms with Crippen molar-refractivity contribution in [3.8, 4) is 0 Å². The fraction of sp³-hybridized carbons (Fsp3) is 0.824. The molecule has 2 fully saturated rings. The summed E-state index contributed by atoms with van der Waals surface area (Å²) in [6.07, 6.45) is 12.2. The number of hydrogen-bond acceptors (Lipinski definition) is 3. The second kappa shape index (κ2) is 7.73. The highest BCUT2D eigenvalue weighted by Crippen LogP contribution is 2.36. The van der Waals surface area contributed by atoms with Gasteiger partial charge in [-0.05, 0) is 25.7 Å². The lowest BCUT2D eigenvalue weighted by Gasteiger charge is -2.43. The normalized spacial score (nSPS) is 26.5. The Bertz CT molecular complexity index is 401. The molecule has 0 amide bonds. The number of nitrogens with one attached hydrogen (secondary N) is 2. The van der Waals surface area contributed by atoms with Gasteiger partial charge in [-0.1, -0.05) is 25.0 Å². The number of guanidine groups is 1. The van der Waals surface area contributed by atoms with Gasteiger partial charge in [0, 0.05) is 49.8 Å². The summed E-state index contributed by atoms with van der Waals surface area (Å²) in [5.74, 6) is 3.57. The van der Waals surface area contributed by atoms with Crippen molar-refractivity contribution in [1.82, 2.24) is 15.5 Å². The van der Waals surface area contributed by atoms with Crippen LogP contribution in [0.3, 0.4) is 0 Å². The zero-order valence-corrected chi connectivity index (χ0v) is 14.6. The smallest absolute Gasteiger partial charge is 0.191 e. The van der Waals surface area contributed by atoms with Crippen LogP contribution in [0.4, 0.5) is 0 Å². The van der Waals surface area contributed by atoms with Crippen LogP contribution in [-0.2, 0) is 0 Å². The van der Waals surface area contributed by atoms with Crippen LogP contribution in [0, 0.1) is 0 Å². The fourth-order valence-electron chi connectivity index (χ4n) is 4.05. The third-order valence-electron chi connectivity index (χ3n) is 5.37. The standard InChI is InChI=1S/C17H30N4S/c1-18-16(20-15-6-2-3-7-15)19-14-17(8-4-5-9-17)21-10-12-22-13-11-21/h2-3,15H,4-14H2,1H3,(H2,18,19,20). The molecule has 3 rings (SSSR count). The molecule has 1 aliphatic heterocycles. The predicted molar refractivity (Wildman–Crippen MR) is 96.8 cm³/mol. The summed E-state index contributed by atoms with van der Waals surface area (Å²) in [6, 6.07) is 0.525. The maximum absolute atomic E-state index is 4.43. The molecule has 0 bridgehead atoms. The van der Waals surface area contributed by atoms with E-state index >= 15 is 0 Å². The first-order valence-electron chi connectivity index (χ1n) is 8.77. The molecule has 2 N–H and O–H groups in total. The molecule has 22 heavy (non-hydrogen) atoms. The van der Waals surface area contributed by atoms with Crippen molar-refractivity contribution >= 4 is 17.7 Å².